The fourth-order valence-corrected chi connectivity index (χ4v) is 6.78. The first kappa shape index (κ1) is 34.6. The van der Waals surface area contributed by atoms with Gasteiger partial charge in [0.15, 0.2) is 0 Å². The summed E-state index contributed by atoms with van der Waals surface area (Å²) in [6.45, 7) is 2.62. The van der Waals surface area contributed by atoms with Gasteiger partial charge in [0.2, 0.25) is 10.0 Å². The molecule has 3 heterocycles. The van der Waals surface area contributed by atoms with Crippen molar-refractivity contribution >= 4 is 21.9 Å². The fraction of sp³-hybridized carbons (Fsp3) is 0.556. The highest BCUT2D eigenvalue weighted by atomic mass is 32.2. The number of nitrogens with one attached hydrogen (secondary N) is 1. The van der Waals surface area contributed by atoms with Crippen LogP contribution >= 0.6 is 0 Å². The molecule has 0 saturated carbocycles. The van der Waals surface area contributed by atoms with E-state index in [-0.39, 0.29) is 30.4 Å². The van der Waals surface area contributed by atoms with Crippen molar-refractivity contribution < 1.29 is 57.5 Å². The van der Waals surface area contributed by atoms with Gasteiger partial charge in [-0.1, -0.05) is 6.92 Å². The third-order valence-corrected chi connectivity index (χ3v) is 9.20. The summed E-state index contributed by atoms with van der Waals surface area (Å²) in [7, 11) is -3.51. The van der Waals surface area contributed by atoms with E-state index in [1.54, 1.807) is 6.92 Å². The molecule has 2 aliphatic rings. The number of aromatic nitrogens is 1. The van der Waals surface area contributed by atoms with Crippen LogP contribution in [0.3, 0.4) is 0 Å². The Hall–Kier alpha value is -3.28. The summed E-state index contributed by atoms with van der Waals surface area (Å²) in [6, 6.07) is -0.495. The molecule has 2 aromatic rings. The molecule has 0 aliphatic carbocycles. The summed E-state index contributed by atoms with van der Waals surface area (Å²) in [4.78, 5) is 17.7. The van der Waals surface area contributed by atoms with Gasteiger partial charge in [0, 0.05) is 30.4 Å². The molecule has 0 spiro atoms. The number of amides is 1. The Bertz CT molecular complexity index is 1500. The lowest BCUT2D eigenvalue weighted by molar-refractivity contribution is -0.143. The summed E-state index contributed by atoms with van der Waals surface area (Å²) >= 11 is 0. The van der Waals surface area contributed by atoms with E-state index in [1.807, 2.05) is 0 Å². The normalized spacial score (nSPS) is 23.7. The molecular weight excluding hydrogens is 647 g/mol. The minimum absolute atomic E-state index is 0.0578. The van der Waals surface area contributed by atoms with Crippen molar-refractivity contribution in [3.05, 3.63) is 58.3 Å². The summed E-state index contributed by atoms with van der Waals surface area (Å²) in [5.74, 6) is -0.0578. The van der Waals surface area contributed by atoms with Crippen LogP contribution in [-0.4, -0.2) is 59.6 Å². The van der Waals surface area contributed by atoms with Crippen molar-refractivity contribution in [3.63, 3.8) is 0 Å². The molecule has 0 radical (unpaired) electrons. The third-order valence-electron chi connectivity index (χ3n) is 7.87. The topological polar surface area (TPSA) is 91.8 Å². The van der Waals surface area contributed by atoms with Crippen LogP contribution in [0.5, 0.6) is 0 Å². The summed E-state index contributed by atoms with van der Waals surface area (Å²) in [5.41, 5.74) is -5.13. The highest BCUT2D eigenvalue weighted by Crippen LogP contribution is 2.42. The molecule has 45 heavy (non-hydrogen) atoms. The molecule has 1 N–H and O–H groups in total. The van der Waals surface area contributed by atoms with Gasteiger partial charge in [-0.2, -0.15) is 43.8 Å². The average molecular weight is 677 g/mol. The molecule has 1 aromatic heterocycles. The van der Waals surface area contributed by atoms with Crippen LogP contribution < -0.4 is 5.32 Å². The van der Waals surface area contributed by atoms with E-state index in [0.29, 0.717) is 31.2 Å². The SMILES string of the molecule is CCC1CC(Nc2ncc(C(F)(F)F)cc2CN2C(=O)O[C@H](c3cc(C(F)(F)F)cc(C(F)(F)F)c3)[C@@H]2C)CCN1S(C)(=O)=O. The quantitative estimate of drug-likeness (QED) is 0.324. The number of cyclic esters (lactones) is 1. The van der Waals surface area contributed by atoms with Gasteiger partial charge in [0.25, 0.3) is 0 Å². The number of rotatable bonds is 7. The maximum Gasteiger partial charge on any atom is 0.417 e. The minimum Gasteiger partial charge on any atom is -0.439 e. The number of ether oxygens (including phenoxy) is 1. The van der Waals surface area contributed by atoms with Crippen molar-refractivity contribution in [1.29, 1.82) is 0 Å². The Kier molecular flexibility index (Phi) is 9.34. The van der Waals surface area contributed by atoms with Crippen LogP contribution in [0.1, 0.15) is 67.0 Å². The molecule has 1 aromatic carbocycles. The van der Waals surface area contributed by atoms with E-state index in [4.69, 9.17) is 4.74 Å². The van der Waals surface area contributed by atoms with E-state index >= 15 is 0 Å². The molecule has 2 fully saturated rings. The van der Waals surface area contributed by atoms with Crippen LogP contribution in [0, 0.1) is 0 Å². The van der Waals surface area contributed by atoms with Gasteiger partial charge >= 0.3 is 24.6 Å². The van der Waals surface area contributed by atoms with Gasteiger partial charge in [-0.3, -0.25) is 4.90 Å². The zero-order valence-corrected chi connectivity index (χ0v) is 24.8. The number of halogens is 9. The number of carbonyl (C=O) groups is 1. The number of piperidine rings is 1. The van der Waals surface area contributed by atoms with Gasteiger partial charge in [-0.25, -0.2) is 18.2 Å². The molecule has 1 amide bonds. The van der Waals surface area contributed by atoms with E-state index in [2.05, 4.69) is 10.3 Å². The number of hydrogen-bond donors (Lipinski definition) is 1. The van der Waals surface area contributed by atoms with E-state index in [1.165, 1.54) is 11.2 Å². The molecule has 4 rings (SSSR count). The number of anilines is 1. The number of sulfonamides is 1. The number of benzene rings is 1. The van der Waals surface area contributed by atoms with Crippen LogP contribution in [-0.2, 0) is 39.8 Å². The van der Waals surface area contributed by atoms with Crippen molar-refractivity contribution in [1.82, 2.24) is 14.2 Å². The van der Waals surface area contributed by atoms with Crippen molar-refractivity contribution in [2.45, 2.75) is 82.4 Å². The molecule has 0 bridgehead atoms. The summed E-state index contributed by atoms with van der Waals surface area (Å²) in [6.07, 6.45) is -15.2. The highest BCUT2D eigenvalue weighted by Gasteiger charge is 2.44. The summed E-state index contributed by atoms with van der Waals surface area (Å²) in [5, 5.41) is 3.03. The van der Waals surface area contributed by atoms with E-state index < -0.39 is 87.7 Å². The number of hydrogen-bond acceptors (Lipinski definition) is 6. The van der Waals surface area contributed by atoms with Gasteiger partial charge < -0.3 is 10.1 Å². The molecule has 8 nitrogen and oxygen atoms in total. The lowest BCUT2D eigenvalue weighted by atomic mass is 9.97. The second-order valence-corrected chi connectivity index (χ2v) is 13.0. The predicted octanol–water partition coefficient (Wildman–Crippen LogP) is 6.83. The molecule has 2 unspecified atom stereocenters. The molecule has 2 aliphatic heterocycles. The third kappa shape index (κ3) is 7.76. The summed E-state index contributed by atoms with van der Waals surface area (Å²) < 4.78 is 152. The number of nitrogens with zero attached hydrogens (tertiary/aromatic N) is 3. The molecular formula is C27H29F9N4O4S. The van der Waals surface area contributed by atoms with Crippen molar-refractivity contribution in [3.8, 4) is 0 Å². The standard InChI is InChI=1S/C27H29F9N4O4S/c1-4-21-11-20(5-6-40(21)45(3,42)43)38-23-16(9-19(12-37-23)27(34,35)36)13-39-14(2)22(44-24(39)41)15-7-17(25(28,29)30)10-18(8-15)26(31,32)33/h7-10,12,14,20-22H,4-6,11,13H2,1-3H3,(H,37,38)/t14-,20?,21?,22-/m0/s1. The Morgan fingerprint density at radius 3 is 2.04 bits per heavy atom. The first-order chi connectivity index (χ1) is 20.6. The zero-order chi connectivity index (χ0) is 33.7. The van der Waals surface area contributed by atoms with Gasteiger partial charge in [-0.15, -0.1) is 0 Å². The first-order valence-corrected chi connectivity index (χ1v) is 15.5. The maximum atomic E-state index is 13.6. The number of alkyl halides is 9. The second kappa shape index (κ2) is 12.1. The van der Waals surface area contributed by atoms with Crippen LogP contribution in [0.15, 0.2) is 30.5 Å². The first-order valence-electron chi connectivity index (χ1n) is 13.7. The van der Waals surface area contributed by atoms with Crippen LogP contribution in [0.4, 0.5) is 50.1 Å². The van der Waals surface area contributed by atoms with Gasteiger partial charge in [0.1, 0.15) is 11.9 Å². The molecule has 2 saturated heterocycles. The van der Waals surface area contributed by atoms with Crippen molar-refractivity contribution in [2.24, 2.45) is 0 Å². The largest absolute Gasteiger partial charge is 0.439 e. The van der Waals surface area contributed by atoms with Crippen LogP contribution in [0.25, 0.3) is 0 Å². The Labute approximate surface area is 252 Å². The van der Waals surface area contributed by atoms with Gasteiger partial charge in [0.05, 0.1) is 35.5 Å². The monoisotopic (exact) mass is 676 g/mol. The Morgan fingerprint density at radius 1 is 0.956 bits per heavy atom. The molecule has 250 valence electrons. The Balaban J connectivity index is 1.65. The fourth-order valence-electron chi connectivity index (χ4n) is 5.56. The predicted molar refractivity (Wildman–Crippen MR) is 142 cm³/mol. The highest BCUT2D eigenvalue weighted by molar-refractivity contribution is 7.88. The lowest BCUT2D eigenvalue weighted by Crippen LogP contribution is -2.48. The average Bonchev–Trinajstić information content (AvgIpc) is 3.19. The minimum atomic E-state index is -5.15. The molecule has 18 heteroatoms. The number of pyridine rings is 1. The Morgan fingerprint density at radius 2 is 1.53 bits per heavy atom. The van der Waals surface area contributed by atoms with Crippen LogP contribution in [0.2, 0.25) is 0 Å². The molecule has 4 atom stereocenters. The van der Waals surface area contributed by atoms with Crippen molar-refractivity contribution in [2.75, 3.05) is 18.1 Å². The number of carbonyl (C=O) groups excluding carboxylic acids is 1. The second-order valence-electron chi connectivity index (χ2n) is 11.0. The smallest absolute Gasteiger partial charge is 0.417 e. The lowest BCUT2D eigenvalue weighted by Gasteiger charge is -2.38. The van der Waals surface area contributed by atoms with E-state index in [0.717, 1.165) is 17.2 Å². The van der Waals surface area contributed by atoms with Gasteiger partial charge in [-0.05, 0) is 56.0 Å². The van der Waals surface area contributed by atoms with E-state index in [9.17, 15) is 52.7 Å². The zero-order valence-electron chi connectivity index (χ0n) is 24.0. The maximum absolute atomic E-state index is 13.6.